The van der Waals surface area contributed by atoms with Crippen molar-refractivity contribution < 1.29 is 9.50 Å². The van der Waals surface area contributed by atoms with E-state index in [1.807, 2.05) is 0 Å². The summed E-state index contributed by atoms with van der Waals surface area (Å²) in [6.07, 6.45) is 4.42. The van der Waals surface area contributed by atoms with Crippen LogP contribution >= 0.6 is 15.9 Å². The lowest BCUT2D eigenvalue weighted by molar-refractivity contribution is 0.397. The molecule has 0 radical (unpaired) electrons. The Labute approximate surface area is 103 Å². The SMILES string of the molecule is Oc1c(F)cc(CC2CCCCN2)cc1Br. The molecule has 1 aliphatic heterocycles. The molecule has 2 rings (SSSR count). The van der Waals surface area contributed by atoms with Crippen LogP contribution in [0.15, 0.2) is 16.6 Å². The molecular formula is C12H15BrFNO. The van der Waals surface area contributed by atoms with Crippen LogP contribution in [-0.2, 0) is 6.42 Å². The number of phenolic OH excluding ortho intramolecular Hbond substituents is 1. The molecule has 16 heavy (non-hydrogen) atoms. The lowest BCUT2D eigenvalue weighted by Gasteiger charge is -2.23. The quantitative estimate of drug-likeness (QED) is 0.877. The fraction of sp³-hybridized carbons (Fsp3) is 0.500. The van der Waals surface area contributed by atoms with E-state index in [0.29, 0.717) is 10.5 Å². The van der Waals surface area contributed by atoms with Crippen molar-refractivity contribution in [2.24, 2.45) is 0 Å². The average Bonchev–Trinajstić information content (AvgIpc) is 2.27. The van der Waals surface area contributed by atoms with E-state index >= 15 is 0 Å². The van der Waals surface area contributed by atoms with Gasteiger partial charge < -0.3 is 10.4 Å². The van der Waals surface area contributed by atoms with Crippen LogP contribution in [0.25, 0.3) is 0 Å². The first-order valence-electron chi connectivity index (χ1n) is 5.57. The number of piperidine rings is 1. The van der Waals surface area contributed by atoms with Gasteiger partial charge in [-0.2, -0.15) is 0 Å². The van der Waals surface area contributed by atoms with Crippen molar-refractivity contribution in [1.29, 1.82) is 0 Å². The summed E-state index contributed by atoms with van der Waals surface area (Å²) in [5.74, 6) is -0.861. The number of hydrogen-bond acceptors (Lipinski definition) is 2. The fourth-order valence-electron chi connectivity index (χ4n) is 2.12. The number of rotatable bonds is 2. The number of phenols is 1. The van der Waals surface area contributed by atoms with Gasteiger partial charge in [0.25, 0.3) is 0 Å². The Bertz CT molecular complexity index is 354. The van der Waals surface area contributed by atoms with Crippen molar-refractivity contribution in [3.63, 3.8) is 0 Å². The lowest BCUT2D eigenvalue weighted by Crippen LogP contribution is -2.35. The zero-order valence-electron chi connectivity index (χ0n) is 8.97. The Hall–Kier alpha value is -0.610. The van der Waals surface area contributed by atoms with Crippen LogP contribution in [0.4, 0.5) is 4.39 Å². The molecule has 1 saturated heterocycles. The lowest BCUT2D eigenvalue weighted by atomic mass is 9.98. The Kier molecular flexibility index (Phi) is 3.82. The van der Waals surface area contributed by atoms with Gasteiger partial charge >= 0.3 is 0 Å². The van der Waals surface area contributed by atoms with E-state index < -0.39 is 5.82 Å². The van der Waals surface area contributed by atoms with Crippen molar-refractivity contribution >= 4 is 15.9 Å². The second-order valence-corrected chi connectivity index (χ2v) is 5.11. The summed E-state index contributed by atoms with van der Waals surface area (Å²) in [6, 6.07) is 3.63. The van der Waals surface area contributed by atoms with Crippen LogP contribution in [0.1, 0.15) is 24.8 Å². The van der Waals surface area contributed by atoms with E-state index in [-0.39, 0.29) is 5.75 Å². The molecule has 2 N–H and O–H groups in total. The van der Waals surface area contributed by atoms with E-state index in [1.165, 1.54) is 18.9 Å². The topological polar surface area (TPSA) is 32.3 Å². The smallest absolute Gasteiger partial charge is 0.166 e. The molecule has 0 amide bonds. The molecule has 1 aromatic rings. The van der Waals surface area contributed by atoms with Gasteiger partial charge in [-0.05, 0) is 59.4 Å². The Morgan fingerprint density at radius 1 is 1.44 bits per heavy atom. The summed E-state index contributed by atoms with van der Waals surface area (Å²) in [5, 5.41) is 12.7. The second-order valence-electron chi connectivity index (χ2n) is 4.26. The maximum atomic E-state index is 13.3. The first-order valence-corrected chi connectivity index (χ1v) is 6.36. The monoisotopic (exact) mass is 287 g/mol. The predicted octanol–water partition coefficient (Wildman–Crippen LogP) is 2.98. The summed E-state index contributed by atoms with van der Waals surface area (Å²) in [7, 11) is 0. The molecule has 1 unspecified atom stereocenters. The minimum atomic E-state index is -0.555. The van der Waals surface area contributed by atoms with Gasteiger partial charge in [0.2, 0.25) is 0 Å². The highest BCUT2D eigenvalue weighted by Gasteiger charge is 2.15. The third-order valence-electron chi connectivity index (χ3n) is 2.97. The van der Waals surface area contributed by atoms with Gasteiger partial charge in [0, 0.05) is 6.04 Å². The van der Waals surface area contributed by atoms with Crippen molar-refractivity contribution in [1.82, 2.24) is 5.32 Å². The normalized spacial score (nSPS) is 21.0. The molecule has 1 aromatic carbocycles. The van der Waals surface area contributed by atoms with Gasteiger partial charge in [-0.1, -0.05) is 6.42 Å². The molecule has 0 aliphatic carbocycles. The van der Waals surface area contributed by atoms with Gasteiger partial charge in [0.1, 0.15) is 0 Å². The Morgan fingerprint density at radius 2 is 2.25 bits per heavy atom. The van der Waals surface area contributed by atoms with Crippen LogP contribution in [0.2, 0.25) is 0 Å². The zero-order valence-corrected chi connectivity index (χ0v) is 10.6. The maximum absolute atomic E-state index is 13.3. The van der Waals surface area contributed by atoms with Gasteiger partial charge in [-0.15, -0.1) is 0 Å². The summed E-state index contributed by atoms with van der Waals surface area (Å²) in [4.78, 5) is 0. The minimum absolute atomic E-state index is 0.305. The molecule has 1 atom stereocenters. The van der Waals surface area contributed by atoms with Gasteiger partial charge in [0.15, 0.2) is 11.6 Å². The molecule has 0 saturated carbocycles. The molecular weight excluding hydrogens is 273 g/mol. The number of halogens is 2. The molecule has 1 heterocycles. The fourth-order valence-corrected chi connectivity index (χ4v) is 2.60. The molecule has 4 heteroatoms. The Balaban J connectivity index is 2.09. The number of benzene rings is 1. The van der Waals surface area contributed by atoms with Crippen molar-refractivity contribution in [2.45, 2.75) is 31.7 Å². The summed E-state index contributed by atoms with van der Waals surface area (Å²) in [6.45, 7) is 1.05. The molecule has 0 aromatic heterocycles. The molecule has 0 spiro atoms. The minimum Gasteiger partial charge on any atom is -0.504 e. The van der Waals surface area contributed by atoms with E-state index in [2.05, 4.69) is 21.2 Å². The predicted molar refractivity (Wildman–Crippen MR) is 65.1 cm³/mol. The van der Waals surface area contributed by atoms with Crippen molar-refractivity contribution in [3.8, 4) is 5.75 Å². The number of aromatic hydroxyl groups is 1. The van der Waals surface area contributed by atoms with Crippen molar-refractivity contribution in [2.75, 3.05) is 6.54 Å². The van der Waals surface area contributed by atoms with E-state index in [0.717, 1.165) is 24.9 Å². The highest BCUT2D eigenvalue weighted by atomic mass is 79.9. The summed E-state index contributed by atoms with van der Waals surface area (Å²) >= 11 is 3.15. The van der Waals surface area contributed by atoms with Gasteiger partial charge in [-0.3, -0.25) is 0 Å². The van der Waals surface area contributed by atoms with E-state index in [4.69, 9.17) is 0 Å². The van der Waals surface area contributed by atoms with Crippen LogP contribution in [0.5, 0.6) is 5.75 Å². The molecule has 1 aliphatic rings. The Morgan fingerprint density at radius 3 is 2.88 bits per heavy atom. The largest absolute Gasteiger partial charge is 0.504 e. The summed E-state index contributed by atoms with van der Waals surface area (Å²) < 4.78 is 13.7. The first kappa shape index (κ1) is 11.9. The van der Waals surface area contributed by atoms with E-state index in [9.17, 15) is 9.50 Å². The van der Waals surface area contributed by atoms with Crippen LogP contribution < -0.4 is 5.32 Å². The molecule has 0 bridgehead atoms. The second kappa shape index (κ2) is 5.15. The molecule has 88 valence electrons. The van der Waals surface area contributed by atoms with Crippen LogP contribution in [0, 0.1) is 5.82 Å². The third-order valence-corrected chi connectivity index (χ3v) is 3.58. The maximum Gasteiger partial charge on any atom is 0.166 e. The standard InChI is InChI=1S/C12H15BrFNO/c13-10-6-8(7-11(14)12(10)16)5-9-3-1-2-4-15-9/h6-7,9,15-16H,1-5H2. The summed E-state index contributed by atoms with van der Waals surface area (Å²) in [5.41, 5.74) is 0.918. The molecule has 1 fully saturated rings. The van der Waals surface area contributed by atoms with Crippen LogP contribution in [0.3, 0.4) is 0 Å². The van der Waals surface area contributed by atoms with Crippen LogP contribution in [-0.4, -0.2) is 17.7 Å². The highest BCUT2D eigenvalue weighted by molar-refractivity contribution is 9.10. The van der Waals surface area contributed by atoms with Gasteiger partial charge in [0.05, 0.1) is 4.47 Å². The van der Waals surface area contributed by atoms with E-state index in [1.54, 1.807) is 6.07 Å². The molecule has 2 nitrogen and oxygen atoms in total. The first-order chi connectivity index (χ1) is 7.66. The number of hydrogen-bond donors (Lipinski definition) is 2. The van der Waals surface area contributed by atoms with Crippen molar-refractivity contribution in [3.05, 3.63) is 28.0 Å². The zero-order chi connectivity index (χ0) is 11.5. The highest BCUT2D eigenvalue weighted by Crippen LogP contribution is 2.29. The van der Waals surface area contributed by atoms with Gasteiger partial charge in [-0.25, -0.2) is 4.39 Å². The number of nitrogens with one attached hydrogen (secondary N) is 1. The third kappa shape index (κ3) is 2.74. The average molecular weight is 288 g/mol.